The predicted molar refractivity (Wildman–Crippen MR) is 163 cm³/mol. The number of H-pyrrole nitrogens is 2. The largest absolute Gasteiger partial charge is 0.428 e. The van der Waals surface area contributed by atoms with Gasteiger partial charge in [-0.2, -0.15) is 0 Å². The molecule has 0 aliphatic carbocycles. The third kappa shape index (κ3) is 5.95. The maximum Gasteiger partial charge on any atom is 0.283 e. The van der Waals surface area contributed by atoms with Crippen molar-refractivity contribution in [1.82, 2.24) is 29.8 Å². The van der Waals surface area contributed by atoms with Crippen LogP contribution in [-0.4, -0.2) is 63.3 Å². The second-order valence-electron chi connectivity index (χ2n) is 9.42. The van der Waals surface area contributed by atoms with E-state index >= 15 is 0 Å². The van der Waals surface area contributed by atoms with Crippen molar-refractivity contribution in [2.75, 3.05) is 20.6 Å². The minimum atomic E-state index is -0.488. The van der Waals surface area contributed by atoms with E-state index in [-0.39, 0.29) is 28.6 Å². The SMILES string of the molecule is CN=COc1[nH]n(-c2ccccc2)c(=O)c1C=C=C(C=Cc1c(C(=O)NC)[nH]n(-c2ccccc2)c1=O)N1CCCC1=O. The van der Waals surface area contributed by atoms with Crippen molar-refractivity contribution in [3.63, 3.8) is 0 Å². The normalized spacial score (nSPS) is 13.1. The number of carbonyl (C=O) groups excluding carboxylic acids is 2. The average molecular weight is 580 g/mol. The molecule has 1 saturated heterocycles. The molecule has 1 aliphatic heterocycles. The summed E-state index contributed by atoms with van der Waals surface area (Å²) in [5.41, 5.74) is 3.91. The Bertz CT molecular complexity index is 1890. The third-order valence-electron chi connectivity index (χ3n) is 6.71. The quantitative estimate of drug-likeness (QED) is 0.121. The Kier molecular flexibility index (Phi) is 8.50. The average Bonchev–Trinajstić information content (AvgIpc) is 3.71. The number of aromatic amines is 2. The summed E-state index contributed by atoms with van der Waals surface area (Å²) in [7, 11) is 3.00. The van der Waals surface area contributed by atoms with Crippen LogP contribution in [0.25, 0.3) is 23.5 Å². The van der Waals surface area contributed by atoms with E-state index in [1.165, 1.54) is 53.0 Å². The number of carbonyl (C=O) groups is 2. The van der Waals surface area contributed by atoms with Crippen molar-refractivity contribution >= 4 is 30.4 Å². The predicted octanol–water partition coefficient (Wildman–Crippen LogP) is 2.87. The molecule has 2 amide bonds. The molecule has 1 fully saturated rings. The zero-order valence-corrected chi connectivity index (χ0v) is 23.5. The van der Waals surface area contributed by atoms with Gasteiger partial charge in [-0.25, -0.2) is 9.36 Å². The molecule has 2 aromatic heterocycles. The standard InChI is InChI=1S/C31H29N7O5/c1-32-20-43-29-25(31(42)38(35-29)23-12-7-4-8-13-23)18-16-21(36-19-9-14-26(36)39)15-17-24-27(28(40)33-2)34-37(30(24)41)22-10-5-3-6-11-22/h3-8,10-13,15,17-18,20,34-35H,9,14,19H2,1-2H3,(H,33,40). The number of aromatic nitrogens is 4. The lowest BCUT2D eigenvalue weighted by Gasteiger charge is -2.14. The lowest BCUT2D eigenvalue weighted by Crippen LogP contribution is -2.23. The zero-order chi connectivity index (χ0) is 30.3. The van der Waals surface area contributed by atoms with Crippen LogP contribution in [0.3, 0.4) is 0 Å². The molecule has 218 valence electrons. The molecule has 5 rings (SSSR count). The monoisotopic (exact) mass is 579 g/mol. The van der Waals surface area contributed by atoms with Crippen molar-refractivity contribution in [2.45, 2.75) is 12.8 Å². The van der Waals surface area contributed by atoms with Crippen LogP contribution in [-0.2, 0) is 4.79 Å². The molecule has 0 saturated carbocycles. The maximum atomic E-state index is 13.4. The molecule has 12 nitrogen and oxygen atoms in total. The molecule has 4 aromatic rings. The topological polar surface area (TPSA) is 147 Å². The molecule has 0 bridgehead atoms. The highest BCUT2D eigenvalue weighted by molar-refractivity contribution is 5.95. The smallest absolute Gasteiger partial charge is 0.283 e. The van der Waals surface area contributed by atoms with Crippen LogP contribution >= 0.6 is 0 Å². The number of benzene rings is 2. The number of amides is 2. The third-order valence-corrected chi connectivity index (χ3v) is 6.71. The van der Waals surface area contributed by atoms with Gasteiger partial charge in [0, 0.05) is 33.1 Å². The number of nitrogens with zero attached hydrogens (tertiary/aromatic N) is 4. The van der Waals surface area contributed by atoms with Crippen molar-refractivity contribution in [3.8, 4) is 17.3 Å². The number of hydrogen-bond donors (Lipinski definition) is 3. The molecular weight excluding hydrogens is 550 g/mol. The molecule has 0 unspecified atom stereocenters. The van der Waals surface area contributed by atoms with Gasteiger partial charge < -0.3 is 15.0 Å². The van der Waals surface area contributed by atoms with Gasteiger partial charge in [0.1, 0.15) is 11.3 Å². The Morgan fingerprint density at radius 2 is 1.58 bits per heavy atom. The van der Waals surface area contributed by atoms with E-state index in [1.54, 1.807) is 48.5 Å². The van der Waals surface area contributed by atoms with Crippen LogP contribution in [0.1, 0.15) is 34.5 Å². The van der Waals surface area contributed by atoms with Gasteiger partial charge in [0.2, 0.25) is 11.8 Å². The van der Waals surface area contributed by atoms with Crippen LogP contribution in [0.4, 0.5) is 0 Å². The number of allylic oxidation sites excluding steroid dienone is 1. The number of likely N-dealkylation sites (tertiary alicyclic amines) is 1. The van der Waals surface area contributed by atoms with Gasteiger partial charge in [-0.05, 0) is 42.8 Å². The minimum Gasteiger partial charge on any atom is -0.428 e. The fraction of sp³-hybridized carbons (Fsp3) is 0.161. The highest BCUT2D eigenvalue weighted by Gasteiger charge is 2.24. The Hall–Kier alpha value is -5.87. The molecule has 3 N–H and O–H groups in total. The van der Waals surface area contributed by atoms with Gasteiger partial charge in [-0.3, -0.25) is 34.4 Å². The summed E-state index contributed by atoms with van der Waals surface area (Å²) in [6.07, 6.45) is 6.59. The number of aliphatic imine (C=N–C) groups is 1. The molecule has 2 aromatic carbocycles. The molecular formula is C31H29N7O5. The first-order valence-corrected chi connectivity index (χ1v) is 13.5. The van der Waals surface area contributed by atoms with Crippen molar-refractivity contribution < 1.29 is 14.3 Å². The summed E-state index contributed by atoms with van der Waals surface area (Å²) >= 11 is 0. The molecule has 12 heteroatoms. The number of hydrogen-bond acceptors (Lipinski definition) is 6. The highest BCUT2D eigenvalue weighted by atomic mass is 16.5. The van der Waals surface area contributed by atoms with Crippen LogP contribution in [0.15, 0.2) is 92.7 Å². The van der Waals surface area contributed by atoms with Gasteiger partial charge in [0.25, 0.3) is 17.0 Å². The minimum absolute atomic E-state index is 0.0506. The first-order chi connectivity index (χ1) is 20.9. The highest BCUT2D eigenvalue weighted by Crippen LogP contribution is 2.20. The molecule has 0 atom stereocenters. The van der Waals surface area contributed by atoms with Gasteiger partial charge in [-0.15, -0.1) is 0 Å². The van der Waals surface area contributed by atoms with Gasteiger partial charge in [-0.1, -0.05) is 42.1 Å². The van der Waals surface area contributed by atoms with E-state index in [4.69, 9.17) is 4.74 Å². The van der Waals surface area contributed by atoms with Crippen molar-refractivity contribution in [2.24, 2.45) is 4.99 Å². The van der Waals surface area contributed by atoms with E-state index in [0.717, 1.165) is 0 Å². The van der Waals surface area contributed by atoms with E-state index in [0.29, 0.717) is 36.5 Å². The van der Waals surface area contributed by atoms with E-state index in [2.05, 4.69) is 26.2 Å². The van der Waals surface area contributed by atoms with Crippen LogP contribution < -0.4 is 21.2 Å². The van der Waals surface area contributed by atoms with Crippen molar-refractivity contribution in [1.29, 1.82) is 0 Å². The van der Waals surface area contributed by atoms with E-state index < -0.39 is 17.0 Å². The molecule has 43 heavy (non-hydrogen) atoms. The van der Waals surface area contributed by atoms with Gasteiger partial charge >= 0.3 is 0 Å². The summed E-state index contributed by atoms with van der Waals surface area (Å²) in [6, 6.07) is 17.8. The Morgan fingerprint density at radius 3 is 2.16 bits per heavy atom. The Morgan fingerprint density at radius 1 is 0.953 bits per heavy atom. The summed E-state index contributed by atoms with van der Waals surface area (Å²) in [4.78, 5) is 57.6. The Balaban J connectivity index is 1.64. The number of rotatable bonds is 9. The second-order valence-corrected chi connectivity index (χ2v) is 9.42. The molecule has 0 radical (unpaired) electrons. The molecule has 1 aliphatic rings. The van der Waals surface area contributed by atoms with Gasteiger partial charge in [0.15, 0.2) is 6.40 Å². The summed E-state index contributed by atoms with van der Waals surface area (Å²) in [5, 5.41) is 8.35. The summed E-state index contributed by atoms with van der Waals surface area (Å²) < 4.78 is 8.15. The number of para-hydroxylation sites is 2. The fourth-order valence-electron chi connectivity index (χ4n) is 4.60. The van der Waals surface area contributed by atoms with Crippen molar-refractivity contribution in [3.05, 3.63) is 116 Å². The van der Waals surface area contributed by atoms with Crippen LogP contribution in [0.5, 0.6) is 5.88 Å². The van der Waals surface area contributed by atoms with Crippen LogP contribution in [0.2, 0.25) is 0 Å². The number of ether oxygens (including phenoxy) is 1. The lowest BCUT2D eigenvalue weighted by atomic mass is 10.2. The number of nitrogens with one attached hydrogen (secondary N) is 3. The van der Waals surface area contributed by atoms with E-state index in [1.807, 2.05) is 12.1 Å². The first kappa shape index (κ1) is 28.7. The van der Waals surface area contributed by atoms with E-state index in [9.17, 15) is 19.2 Å². The zero-order valence-electron chi connectivity index (χ0n) is 23.5. The van der Waals surface area contributed by atoms with Crippen LogP contribution in [0, 0.1) is 0 Å². The van der Waals surface area contributed by atoms with Gasteiger partial charge in [0.05, 0.1) is 22.6 Å². The molecule has 0 spiro atoms. The summed E-state index contributed by atoms with van der Waals surface area (Å²) in [6.45, 7) is 0.427. The second kappa shape index (κ2) is 12.8. The first-order valence-electron chi connectivity index (χ1n) is 13.5. The molecule has 3 heterocycles. The Labute approximate surface area is 245 Å². The lowest BCUT2D eigenvalue weighted by molar-refractivity contribution is -0.125. The fourth-order valence-corrected chi connectivity index (χ4v) is 4.60. The maximum absolute atomic E-state index is 13.4. The summed E-state index contributed by atoms with van der Waals surface area (Å²) in [5.74, 6) is -0.493.